The average molecular weight is 181 g/mol. The minimum absolute atomic E-state index is 0.0475. The van der Waals surface area contributed by atoms with Crippen LogP contribution in [-0.4, -0.2) is 21.4 Å². The maximum Gasteiger partial charge on any atom is 0.0876 e. The van der Waals surface area contributed by atoms with Gasteiger partial charge in [0, 0.05) is 23.2 Å². The van der Waals surface area contributed by atoms with Crippen LogP contribution in [-0.2, 0) is 6.54 Å². The number of aliphatic hydroxyl groups excluding tert-OH is 1. The van der Waals surface area contributed by atoms with Crippen LogP contribution in [0.3, 0.4) is 0 Å². The standard InChI is InChI=1S/C7H11N5O/c1-2-12-5-6(3-10-12)7(13)4-9-11-8/h3,5,7,13H,2,4H2,1H3. The van der Waals surface area contributed by atoms with E-state index in [2.05, 4.69) is 15.1 Å². The van der Waals surface area contributed by atoms with Crippen LogP contribution in [0.2, 0.25) is 0 Å². The van der Waals surface area contributed by atoms with Crippen molar-refractivity contribution in [2.24, 2.45) is 5.11 Å². The molecule has 0 aliphatic carbocycles. The molecule has 0 spiro atoms. The Labute approximate surface area is 75.4 Å². The Morgan fingerprint density at radius 2 is 2.62 bits per heavy atom. The minimum atomic E-state index is -0.754. The highest BCUT2D eigenvalue weighted by molar-refractivity contribution is 5.08. The van der Waals surface area contributed by atoms with Gasteiger partial charge in [0.2, 0.25) is 0 Å². The van der Waals surface area contributed by atoms with Gasteiger partial charge >= 0.3 is 0 Å². The first-order chi connectivity index (χ1) is 6.27. The second kappa shape index (κ2) is 4.49. The van der Waals surface area contributed by atoms with E-state index in [4.69, 9.17) is 5.53 Å². The van der Waals surface area contributed by atoms with Crippen LogP contribution >= 0.6 is 0 Å². The quantitative estimate of drug-likeness (QED) is 0.430. The third kappa shape index (κ3) is 2.47. The van der Waals surface area contributed by atoms with Crippen molar-refractivity contribution in [2.45, 2.75) is 19.6 Å². The molecule has 0 saturated heterocycles. The van der Waals surface area contributed by atoms with Gasteiger partial charge in [-0.1, -0.05) is 5.11 Å². The van der Waals surface area contributed by atoms with Gasteiger partial charge in [-0.05, 0) is 12.5 Å². The number of aryl methyl sites for hydroxylation is 1. The van der Waals surface area contributed by atoms with Crippen LogP contribution in [0.25, 0.3) is 10.4 Å². The normalized spacial score (nSPS) is 12.2. The number of hydrogen-bond donors (Lipinski definition) is 1. The largest absolute Gasteiger partial charge is 0.388 e. The molecular formula is C7H11N5O. The summed E-state index contributed by atoms with van der Waals surface area (Å²) < 4.78 is 1.70. The van der Waals surface area contributed by atoms with E-state index in [1.54, 1.807) is 17.1 Å². The summed E-state index contributed by atoms with van der Waals surface area (Å²) in [6, 6.07) is 0. The SMILES string of the molecule is CCn1cc(C(O)CN=[N+]=[N-])cn1. The Kier molecular flexibility index (Phi) is 3.31. The van der Waals surface area contributed by atoms with Gasteiger partial charge < -0.3 is 5.11 Å². The molecule has 0 aliphatic rings. The van der Waals surface area contributed by atoms with Crippen LogP contribution in [0.5, 0.6) is 0 Å². The van der Waals surface area contributed by atoms with Crippen molar-refractivity contribution in [3.05, 3.63) is 28.4 Å². The summed E-state index contributed by atoms with van der Waals surface area (Å²) in [4.78, 5) is 2.57. The van der Waals surface area contributed by atoms with Crippen LogP contribution < -0.4 is 0 Å². The molecule has 1 aromatic heterocycles. The molecule has 1 atom stereocenters. The summed E-state index contributed by atoms with van der Waals surface area (Å²) in [5.41, 5.74) is 8.72. The van der Waals surface area contributed by atoms with Crippen molar-refractivity contribution in [1.29, 1.82) is 0 Å². The molecule has 1 N–H and O–H groups in total. The number of rotatable bonds is 4. The van der Waals surface area contributed by atoms with E-state index < -0.39 is 6.10 Å². The van der Waals surface area contributed by atoms with Crippen molar-refractivity contribution in [2.75, 3.05) is 6.54 Å². The van der Waals surface area contributed by atoms with Gasteiger partial charge in [0.25, 0.3) is 0 Å². The van der Waals surface area contributed by atoms with Crippen LogP contribution in [0, 0.1) is 0 Å². The summed E-state index contributed by atoms with van der Waals surface area (Å²) in [6.07, 6.45) is 2.55. The molecule has 13 heavy (non-hydrogen) atoms. The molecule has 0 aromatic carbocycles. The summed E-state index contributed by atoms with van der Waals surface area (Å²) in [6.45, 7) is 2.76. The van der Waals surface area contributed by atoms with Crippen molar-refractivity contribution >= 4 is 0 Å². The fourth-order valence-electron chi connectivity index (χ4n) is 0.944. The molecule has 70 valence electrons. The molecule has 1 heterocycles. The van der Waals surface area contributed by atoms with Crippen molar-refractivity contribution < 1.29 is 5.11 Å². The number of aliphatic hydroxyl groups is 1. The molecule has 1 rings (SSSR count). The summed E-state index contributed by atoms with van der Waals surface area (Å²) in [5, 5.41) is 16.7. The minimum Gasteiger partial charge on any atom is -0.388 e. The van der Waals surface area contributed by atoms with Gasteiger partial charge in [-0.15, -0.1) is 0 Å². The van der Waals surface area contributed by atoms with Gasteiger partial charge in [-0.25, -0.2) is 0 Å². The highest BCUT2D eigenvalue weighted by atomic mass is 16.3. The maximum atomic E-state index is 9.44. The Hall–Kier alpha value is -1.52. The smallest absolute Gasteiger partial charge is 0.0876 e. The first-order valence-electron chi connectivity index (χ1n) is 3.99. The van der Waals surface area contributed by atoms with Crippen molar-refractivity contribution in [3.8, 4) is 0 Å². The zero-order valence-corrected chi connectivity index (χ0v) is 7.33. The number of hydrogen-bond acceptors (Lipinski definition) is 3. The number of nitrogens with zero attached hydrogens (tertiary/aromatic N) is 5. The van der Waals surface area contributed by atoms with Gasteiger partial charge in [0.15, 0.2) is 0 Å². The molecule has 0 aliphatic heterocycles. The summed E-state index contributed by atoms with van der Waals surface area (Å²) >= 11 is 0. The van der Waals surface area contributed by atoms with Crippen LogP contribution in [0.1, 0.15) is 18.6 Å². The monoisotopic (exact) mass is 181 g/mol. The molecule has 1 unspecified atom stereocenters. The van der Waals surface area contributed by atoms with E-state index in [9.17, 15) is 5.11 Å². The lowest BCUT2D eigenvalue weighted by molar-refractivity contribution is 0.186. The molecule has 0 amide bonds. The first-order valence-corrected chi connectivity index (χ1v) is 3.99. The van der Waals surface area contributed by atoms with Gasteiger partial charge in [0.05, 0.1) is 18.8 Å². The average Bonchev–Trinajstić information content (AvgIpc) is 2.62. The molecule has 1 aromatic rings. The van der Waals surface area contributed by atoms with Gasteiger partial charge in [-0.2, -0.15) is 5.10 Å². The van der Waals surface area contributed by atoms with Crippen molar-refractivity contribution in [1.82, 2.24) is 9.78 Å². The van der Waals surface area contributed by atoms with E-state index in [1.807, 2.05) is 6.92 Å². The predicted molar refractivity (Wildman–Crippen MR) is 46.9 cm³/mol. The Balaban J connectivity index is 2.65. The molecular weight excluding hydrogens is 170 g/mol. The second-order valence-corrected chi connectivity index (χ2v) is 2.56. The topological polar surface area (TPSA) is 86.8 Å². The molecule has 6 heteroatoms. The summed E-state index contributed by atoms with van der Waals surface area (Å²) in [5.74, 6) is 0. The lowest BCUT2D eigenvalue weighted by atomic mass is 10.2. The van der Waals surface area contributed by atoms with E-state index >= 15 is 0 Å². The van der Waals surface area contributed by atoms with Gasteiger partial charge in [-0.3, -0.25) is 4.68 Å². The molecule has 0 fully saturated rings. The van der Waals surface area contributed by atoms with Crippen LogP contribution in [0.15, 0.2) is 17.5 Å². The molecule has 0 saturated carbocycles. The van der Waals surface area contributed by atoms with E-state index in [0.29, 0.717) is 5.56 Å². The van der Waals surface area contributed by atoms with Gasteiger partial charge in [0.1, 0.15) is 0 Å². The van der Waals surface area contributed by atoms with Crippen LogP contribution in [0.4, 0.5) is 0 Å². The predicted octanol–water partition coefficient (Wildman–Crippen LogP) is 1.25. The van der Waals surface area contributed by atoms with E-state index in [-0.39, 0.29) is 6.54 Å². The highest BCUT2D eigenvalue weighted by Crippen LogP contribution is 2.11. The maximum absolute atomic E-state index is 9.44. The fraction of sp³-hybridized carbons (Fsp3) is 0.571. The van der Waals surface area contributed by atoms with E-state index in [1.165, 1.54) is 0 Å². The Morgan fingerprint density at radius 3 is 3.15 bits per heavy atom. The fourth-order valence-corrected chi connectivity index (χ4v) is 0.944. The summed E-state index contributed by atoms with van der Waals surface area (Å²) in [7, 11) is 0. The molecule has 0 bridgehead atoms. The number of aromatic nitrogens is 2. The third-order valence-corrected chi connectivity index (χ3v) is 1.68. The molecule has 6 nitrogen and oxygen atoms in total. The molecule has 0 radical (unpaired) electrons. The lowest BCUT2D eigenvalue weighted by Gasteiger charge is -2.01. The Morgan fingerprint density at radius 1 is 1.85 bits per heavy atom. The number of azide groups is 1. The van der Waals surface area contributed by atoms with Crippen molar-refractivity contribution in [3.63, 3.8) is 0 Å². The third-order valence-electron chi connectivity index (χ3n) is 1.68. The highest BCUT2D eigenvalue weighted by Gasteiger charge is 2.07. The first kappa shape index (κ1) is 9.57. The van der Waals surface area contributed by atoms with E-state index in [0.717, 1.165) is 6.54 Å². The second-order valence-electron chi connectivity index (χ2n) is 2.56. The zero-order valence-electron chi connectivity index (χ0n) is 7.33. The Bertz CT molecular complexity index is 314. The lowest BCUT2D eigenvalue weighted by Crippen LogP contribution is -1.99. The zero-order chi connectivity index (χ0) is 9.68.